The highest BCUT2D eigenvalue weighted by atomic mass is 19.1. The van der Waals surface area contributed by atoms with E-state index in [0.717, 1.165) is 11.1 Å². The number of para-hydroxylation sites is 1. The molecule has 0 radical (unpaired) electrons. The third kappa shape index (κ3) is 6.46. The number of hydrogen-bond acceptors (Lipinski definition) is 4. The number of pyridine rings is 2. The molecular weight excluding hydrogens is 475 g/mol. The first-order valence-corrected chi connectivity index (χ1v) is 11.6. The number of nitrogens with one attached hydrogen (secondary N) is 2. The highest BCUT2D eigenvalue weighted by molar-refractivity contribution is 5.99. The number of benzene rings is 2. The lowest BCUT2D eigenvalue weighted by molar-refractivity contribution is -0.137. The zero-order valence-corrected chi connectivity index (χ0v) is 20.0. The number of anilines is 2. The van der Waals surface area contributed by atoms with Gasteiger partial charge in [-0.25, -0.2) is 9.18 Å². The molecule has 4 rings (SSSR count). The van der Waals surface area contributed by atoms with Gasteiger partial charge in [-0.3, -0.25) is 14.6 Å². The largest absolute Gasteiger partial charge is 0.481 e. The predicted octanol–water partition coefficient (Wildman–Crippen LogP) is 5.32. The van der Waals surface area contributed by atoms with Gasteiger partial charge in [-0.1, -0.05) is 43.3 Å². The minimum absolute atomic E-state index is 0.0540. The number of aromatic nitrogens is 2. The van der Waals surface area contributed by atoms with Crippen molar-refractivity contribution < 1.29 is 19.1 Å². The average Bonchev–Trinajstić information content (AvgIpc) is 2.87. The van der Waals surface area contributed by atoms with Crippen molar-refractivity contribution in [2.75, 3.05) is 10.6 Å². The van der Waals surface area contributed by atoms with Gasteiger partial charge in [0.25, 0.3) is 5.56 Å². The molecule has 0 saturated carbocycles. The number of urea groups is 1. The van der Waals surface area contributed by atoms with Crippen LogP contribution >= 0.6 is 0 Å². The van der Waals surface area contributed by atoms with E-state index in [4.69, 9.17) is 5.11 Å². The van der Waals surface area contributed by atoms with Crippen molar-refractivity contribution in [2.24, 2.45) is 0 Å². The van der Waals surface area contributed by atoms with Gasteiger partial charge in [-0.15, -0.1) is 0 Å². The quantitative estimate of drug-likeness (QED) is 0.303. The summed E-state index contributed by atoms with van der Waals surface area (Å²) in [6.07, 6.45) is 3.16. The minimum atomic E-state index is -0.844. The van der Waals surface area contributed by atoms with E-state index in [0.29, 0.717) is 23.5 Å². The molecule has 188 valence electrons. The van der Waals surface area contributed by atoms with Crippen LogP contribution in [0.25, 0.3) is 11.3 Å². The molecule has 2 aromatic carbocycles. The molecule has 3 N–H and O–H groups in total. The summed E-state index contributed by atoms with van der Waals surface area (Å²) < 4.78 is 15.3. The molecule has 0 spiro atoms. The van der Waals surface area contributed by atoms with E-state index in [2.05, 4.69) is 15.6 Å². The van der Waals surface area contributed by atoms with E-state index in [-0.39, 0.29) is 23.6 Å². The number of carboxylic acids is 1. The van der Waals surface area contributed by atoms with Gasteiger partial charge < -0.3 is 20.3 Å². The van der Waals surface area contributed by atoms with E-state index in [1.54, 1.807) is 41.1 Å². The van der Waals surface area contributed by atoms with Crippen molar-refractivity contribution in [1.82, 2.24) is 9.55 Å². The summed E-state index contributed by atoms with van der Waals surface area (Å²) in [5.74, 6) is -1.50. The van der Waals surface area contributed by atoms with Crippen molar-refractivity contribution in [3.63, 3.8) is 0 Å². The number of carbonyl (C=O) groups excluding carboxylic acids is 1. The number of rotatable bonds is 8. The number of carbonyl (C=O) groups is 2. The monoisotopic (exact) mass is 500 g/mol. The van der Waals surface area contributed by atoms with Crippen LogP contribution in [0.3, 0.4) is 0 Å². The van der Waals surface area contributed by atoms with E-state index < -0.39 is 17.8 Å². The second kappa shape index (κ2) is 11.3. The molecule has 2 heterocycles. The maximum absolute atomic E-state index is 13.7. The molecular formula is C28H25FN4O4. The zero-order chi connectivity index (χ0) is 26.4. The Morgan fingerprint density at radius 1 is 1.00 bits per heavy atom. The summed E-state index contributed by atoms with van der Waals surface area (Å²) >= 11 is 0. The summed E-state index contributed by atoms with van der Waals surface area (Å²) in [4.78, 5) is 40.5. The molecule has 0 aliphatic heterocycles. The lowest BCUT2D eigenvalue weighted by Gasteiger charge is -2.12. The Morgan fingerprint density at radius 3 is 2.43 bits per heavy atom. The number of halogens is 1. The second-order valence-corrected chi connectivity index (χ2v) is 8.59. The number of nitrogens with zero attached hydrogens (tertiary/aromatic N) is 2. The first-order valence-electron chi connectivity index (χ1n) is 11.6. The molecule has 0 saturated heterocycles. The Bertz CT molecular complexity index is 1470. The van der Waals surface area contributed by atoms with E-state index >= 15 is 0 Å². The molecule has 0 aliphatic rings. The Morgan fingerprint density at radius 2 is 1.76 bits per heavy atom. The molecule has 2 amide bonds. The number of hydrogen-bond donors (Lipinski definition) is 3. The van der Waals surface area contributed by atoms with Gasteiger partial charge in [-0.05, 0) is 53.4 Å². The molecule has 1 atom stereocenters. The number of aliphatic carboxylic acids is 1. The molecule has 0 fully saturated rings. The first kappa shape index (κ1) is 25.3. The second-order valence-electron chi connectivity index (χ2n) is 8.59. The van der Waals surface area contributed by atoms with Crippen molar-refractivity contribution in [2.45, 2.75) is 25.8 Å². The molecule has 9 heteroatoms. The Hall–Kier alpha value is -4.79. The lowest BCUT2D eigenvalue weighted by atomic mass is 9.97. The zero-order valence-electron chi connectivity index (χ0n) is 20.0. The summed E-state index contributed by atoms with van der Waals surface area (Å²) in [5.41, 5.74) is 2.88. The van der Waals surface area contributed by atoms with Gasteiger partial charge in [0, 0.05) is 6.20 Å². The third-order valence-electron chi connectivity index (χ3n) is 5.82. The van der Waals surface area contributed by atoms with E-state index in [1.165, 1.54) is 24.4 Å². The van der Waals surface area contributed by atoms with Crippen LogP contribution in [0.5, 0.6) is 0 Å². The summed E-state index contributed by atoms with van der Waals surface area (Å²) in [7, 11) is 0. The van der Waals surface area contributed by atoms with Gasteiger partial charge in [-0.2, -0.15) is 0 Å². The maximum atomic E-state index is 13.7. The minimum Gasteiger partial charge on any atom is -0.481 e. The first-order chi connectivity index (χ1) is 17.8. The van der Waals surface area contributed by atoms with Crippen LogP contribution in [0.1, 0.15) is 30.4 Å². The molecule has 2 aromatic heterocycles. The van der Waals surface area contributed by atoms with Crippen LogP contribution < -0.4 is 16.2 Å². The van der Waals surface area contributed by atoms with Crippen molar-refractivity contribution >= 4 is 23.4 Å². The van der Waals surface area contributed by atoms with Gasteiger partial charge in [0.05, 0.1) is 41.8 Å². The van der Waals surface area contributed by atoms with Crippen molar-refractivity contribution in [1.29, 1.82) is 0 Å². The lowest BCUT2D eigenvalue weighted by Crippen LogP contribution is -2.22. The van der Waals surface area contributed by atoms with E-state index in [1.807, 2.05) is 31.2 Å². The fraction of sp³-hybridized carbons (Fsp3) is 0.143. The fourth-order valence-corrected chi connectivity index (χ4v) is 3.86. The topological polar surface area (TPSA) is 113 Å². The van der Waals surface area contributed by atoms with Gasteiger partial charge in [0.1, 0.15) is 5.82 Å². The number of carboxylic acid groups (broad SMARTS) is 1. The molecule has 0 aliphatic carbocycles. The van der Waals surface area contributed by atoms with Crippen LogP contribution in [0.2, 0.25) is 0 Å². The Balaban J connectivity index is 1.44. The molecule has 8 nitrogen and oxygen atoms in total. The predicted molar refractivity (Wildman–Crippen MR) is 139 cm³/mol. The molecule has 0 bridgehead atoms. The van der Waals surface area contributed by atoms with Crippen molar-refractivity contribution in [3.8, 4) is 11.3 Å². The Kier molecular flexibility index (Phi) is 7.73. The smallest absolute Gasteiger partial charge is 0.323 e. The maximum Gasteiger partial charge on any atom is 0.323 e. The standard InChI is InChI=1S/C28H25FN4O4/c1-18(15-26(34)35)20-10-8-19(9-11-20)17-33-14-4-5-22(27(33)36)24-13-12-21(16-30-24)31-28(37)32-25-7-3-2-6-23(25)29/h2-14,16,18H,15,17H2,1H3,(H,34,35)(H2,31,32,37)/t18-/m1/s1. The van der Waals surface area contributed by atoms with Gasteiger partial charge in [0.15, 0.2) is 0 Å². The highest BCUT2D eigenvalue weighted by Crippen LogP contribution is 2.20. The van der Waals surface area contributed by atoms with Crippen LogP contribution in [-0.2, 0) is 11.3 Å². The summed E-state index contributed by atoms with van der Waals surface area (Å²) in [5, 5.41) is 14.0. The van der Waals surface area contributed by atoms with Crippen LogP contribution in [-0.4, -0.2) is 26.7 Å². The van der Waals surface area contributed by atoms with Crippen LogP contribution in [0, 0.1) is 5.82 Å². The molecule has 4 aromatic rings. The summed E-state index contributed by atoms with van der Waals surface area (Å²) in [6.45, 7) is 2.20. The molecule has 37 heavy (non-hydrogen) atoms. The summed E-state index contributed by atoms with van der Waals surface area (Å²) in [6, 6.07) is 19.4. The normalized spacial score (nSPS) is 11.5. The van der Waals surface area contributed by atoms with Crippen LogP contribution in [0.15, 0.2) is 90.0 Å². The SMILES string of the molecule is C[C@H](CC(=O)O)c1ccc(Cn2cccc(-c3ccc(NC(=O)Nc4ccccc4F)cn3)c2=O)cc1. The third-order valence-corrected chi connectivity index (χ3v) is 5.82. The van der Waals surface area contributed by atoms with Crippen LogP contribution in [0.4, 0.5) is 20.6 Å². The van der Waals surface area contributed by atoms with Gasteiger partial charge in [0.2, 0.25) is 0 Å². The number of amides is 2. The van der Waals surface area contributed by atoms with Crippen molar-refractivity contribution in [3.05, 3.63) is 112 Å². The Labute approximate surface area is 212 Å². The van der Waals surface area contributed by atoms with Gasteiger partial charge >= 0.3 is 12.0 Å². The highest BCUT2D eigenvalue weighted by Gasteiger charge is 2.12. The fourth-order valence-electron chi connectivity index (χ4n) is 3.86. The van der Waals surface area contributed by atoms with E-state index in [9.17, 15) is 18.8 Å². The molecule has 0 unspecified atom stereocenters. The average molecular weight is 501 g/mol.